The van der Waals surface area contributed by atoms with Crippen molar-refractivity contribution >= 4 is 23.2 Å². The predicted molar refractivity (Wildman–Crippen MR) is 42.2 cm³/mol. The van der Waals surface area contributed by atoms with Gasteiger partial charge >= 0.3 is 0 Å². The zero-order chi connectivity index (χ0) is 7.56. The van der Waals surface area contributed by atoms with Crippen LogP contribution in [0.2, 0.25) is 0 Å². The van der Waals surface area contributed by atoms with Gasteiger partial charge in [0.25, 0.3) is 0 Å². The second kappa shape index (κ2) is 3.58. The molecule has 0 unspecified atom stereocenters. The van der Waals surface area contributed by atoms with E-state index in [1.807, 2.05) is 4.90 Å². The van der Waals surface area contributed by atoms with Crippen molar-refractivity contribution in [2.24, 2.45) is 0 Å². The molecule has 58 valence electrons. The van der Waals surface area contributed by atoms with Crippen molar-refractivity contribution in [1.82, 2.24) is 4.90 Å². The minimum Gasteiger partial charge on any atom is -0.390 e. The highest BCUT2D eigenvalue weighted by Gasteiger charge is 2.23. The van der Waals surface area contributed by atoms with Crippen LogP contribution in [0.1, 0.15) is 0 Å². The molecule has 0 aromatic heterocycles. The van der Waals surface area contributed by atoms with E-state index in [1.54, 1.807) is 0 Å². The minimum absolute atomic E-state index is 0.167. The van der Waals surface area contributed by atoms with Crippen LogP contribution in [0, 0.1) is 0 Å². The molecular formula is C6H9Cl2NO. The fourth-order valence-corrected chi connectivity index (χ4v) is 1.16. The Morgan fingerprint density at radius 1 is 1.70 bits per heavy atom. The van der Waals surface area contributed by atoms with Gasteiger partial charge in [-0.2, -0.15) is 0 Å². The predicted octanol–water partition coefficient (Wildman–Crippen LogP) is 0.982. The number of aliphatic hydroxyl groups is 1. The van der Waals surface area contributed by atoms with Crippen LogP contribution in [0.15, 0.2) is 10.6 Å². The highest BCUT2D eigenvalue weighted by Crippen LogP contribution is 2.12. The molecule has 0 aromatic carbocycles. The molecule has 0 saturated carbocycles. The molecule has 1 aliphatic rings. The molecule has 1 saturated heterocycles. The first kappa shape index (κ1) is 8.34. The largest absolute Gasteiger partial charge is 0.390 e. The van der Waals surface area contributed by atoms with Gasteiger partial charge in [0.05, 0.1) is 6.10 Å². The first-order chi connectivity index (χ1) is 4.72. The van der Waals surface area contributed by atoms with Crippen LogP contribution in [-0.2, 0) is 0 Å². The summed E-state index contributed by atoms with van der Waals surface area (Å²) in [6.45, 7) is 2.07. The van der Waals surface area contributed by atoms with E-state index >= 15 is 0 Å². The van der Waals surface area contributed by atoms with Crippen molar-refractivity contribution in [3.05, 3.63) is 10.6 Å². The lowest BCUT2D eigenvalue weighted by Crippen LogP contribution is -2.50. The molecule has 1 aliphatic heterocycles. The molecule has 10 heavy (non-hydrogen) atoms. The summed E-state index contributed by atoms with van der Waals surface area (Å²) in [5.74, 6) is 0. The van der Waals surface area contributed by atoms with Gasteiger partial charge < -0.3 is 5.11 Å². The van der Waals surface area contributed by atoms with Crippen molar-refractivity contribution in [2.45, 2.75) is 6.10 Å². The Morgan fingerprint density at radius 3 is 2.70 bits per heavy atom. The standard InChI is InChI=1S/C6H9Cl2NO/c7-1-5(8)2-9-3-6(10)4-9/h1,6,10H,2-4H2/b5-1-. The smallest absolute Gasteiger partial charge is 0.0794 e. The number of hydrogen-bond donors (Lipinski definition) is 1. The fraction of sp³-hybridized carbons (Fsp3) is 0.667. The van der Waals surface area contributed by atoms with Crippen molar-refractivity contribution in [3.63, 3.8) is 0 Å². The molecule has 2 nitrogen and oxygen atoms in total. The maximum absolute atomic E-state index is 8.87. The third-order valence-corrected chi connectivity index (χ3v) is 2.03. The average Bonchev–Trinajstić information content (AvgIpc) is 1.84. The van der Waals surface area contributed by atoms with E-state index in [9.17, 15) is 0 Å². The van der Waals surface area contributed by atoms with Crippen LogP contribution >= 0.6 is 23.2 Å². The third kappa shape index (κ3) is 2.13. The number of aliphatic hydroxyl groups excluding tert-OH is 1. The van der Waals surface area contributed by atoms with Crippen molar-refractivity contribution in [1.29, 1.82) is 0 Å². The van der Waals surface area contributed by atoms with Crippen LogP contribution in [-0.4, -0.2) is 35.7 Å². The van der Waals surface area contributed by atoms with E-state index in [4.69, 9.17) is 28.3 Å². The fourth-order valence-electron chi connectivity index (χ4n) is 0.920. The zero-order valence-electron chi connectivity index (χ0n) is 5.43. The van der Waals surface area contributed by atoms with Gasteiger partial charge in [0.15, 0.2) is 0 Å². The summed E-state index contributed by atoms with van der Waals surface area (Å²) in [6.07, 6.45) is -0.167. The minimum atomic E-state index is -0.167. The molecular weight excluding hydrogens is 173 g/mol. The average molecular weight is 182 g/mol. The Labute approximate surface area is 70.0 Å². The second-order valence-corrected chi connectivity index (χ2v) is 3.11. The highest BCUT2D eigenvalue weighted by molar-refractivity contribution is 6.36. The SMILES string of the molecule is OC1CN(C/C(Cl)=C/Cl)C1. The Kier molecular flexibility index (Phi) is 2.98. The molecule has 1 rings (SSSR count). The first-order valence-corrected chi connectivity index (χ1v) is 3.89. The van der Waals surface area contributed by atoms with Gasteiger partial charge in [-0.1, -0.05) is 23.2 Å². The third-order valence-electron chi connectivity index (χ3n) is 1.43. The molecule has 0 bridgehead atoms. The number of rotatable bonds is 2. The van der Waals surface area contributed by atoms with Gasteiger partial charge in [-0.3, -0.25) is 4.90 Å². The molecule has 4 heteroatoms. The number of hydrogen-bond acceptors (Lipinski definition) is 2. The molecule has 1 heterocycles. The Bertz CT molecular complexity index is 143. The molecule has 0 aromatic rings. The molecule has 0 radical (unpaired) electrons. The van der Waals surface area contributed by atoms with E-state index in [1.165, 1.54) is 5.54 Å². The van der Waals surface area contributed by atoms with Crippen LogP contribution < -0.4 is 0 Å². The molecule has 0 amide bonds. The summed E-state index contributed by atoms with van der Waals surface area (Å²) in [4.78, 5) is 2.02. The maximum atomic E-state index is 8.87. The van der Waals surface area contributed by atoms with Gasteiger partial charge in [-0.15, -0.1) is 0 Å². The molecule has 1 fully saturated rings. The summed E-state index contributed by atoms with van der Waals surface area (Å²) in [6, 6.07) is 0. The number of β-amino-alcohol motifs (C(OH)–C–C–N with tert-alkyl or cyclic N) is 1. The maximum Gasteiger partial charge on any atom is 0.0794 e. The van der Waals surface area contributed by atoms with Crippen molar-refractivity contribution < 1.29 is 5.11 Å². The van der Waals surface area contributed by atoms with Gasteiger partial charge in [-0.05, 0) is 0 Å². The summed E-state index contributed by atoms with van der Waals surface area (Å²) in [5.41, 5.74) is 1.35. The topological polar surface area (TPSA) is 23.5 Å². The van der Waals surface area contributed by atoms with E-state index in [-0.39, 0.29) is 6.10 Å². The van der Waals surface area contributed by atoms with Crippen molar-refractivity contribution in [3.8, 4) is 0 Å². The van der Waals surface area contributed by atoms with Crippen molar-refractivity contribution in [2.75, 3.05) is 19.6 Å². The van der Waals surface area contributed by atoms with E-state index < -0.39 is 0 Å². The number of halogens is 2. The van der Waals surface area contributed by atoms with Crippen LogP contribution in [0.25, 0.3) is 0 Å². The van der Waals surface area contributed by atoms with Crippen LogP contribution in [0.3, 0.4) is 0 Å². The van der Waals surface area contributed by atoms with Gasteiger partial charge in [0, 0.05) is 30.2 Å². The van der Waals surface area contributed by atoms with Gasteiger partial charge in [0.1, 0.15) is 0 Å². The monoisotopic (exact) mass is 181 g/mol. The van der Waals surface area contributed by atoms with Crippen LogP contribution in [0.5, 0.6) is 0 Å². The second-order valence-electron chi connectivity index (χ2n) is 2.40. The lowest BCUT2D eigenvalue weighted by atomic mass is 10.2. The summed E-state index contributed by atoms with van der Waals surface area (Å²) < 4.78 is 0. The van der Waals surface area contributed by atoms with Gasteiger partial charge in [0.2, 0.25) is 0 Å². The molecule has 0 atom stereocenters. The first-order valence-electron chi connectivity index (χ1n) is 3.07. The normalized spacial score (nSPS) is 22.9. The Morgan fingerprint density at radius 2 is 2.30 bits per heavy atom. The highest BCUT2D eigenvalue weighted by atomic mass is 35.5. The summed E-state index contributed by atoms with van der Waals surface area (Å²) in [5, 5.41) is 9.49. The Hall–Kier alpha value is 0.240. The van der Waals surface area contributed by atoms with E-state index in [0.29, 0.717) is 24.7 Å². The lowest BCUT2D eigenvalue weighted by Gasteiger charge is -2.35. The zero-order valence-corrected chi connectivity index (χ0v) is 6.94. The Balaban J connectivity index is 2.16. The van der Waals surface area contributed by atoms with E-state index in [2.05, 4.69) is 0 Å². The number of nitrogens with zero attached hydrogens (tertiary/aromatic N) is 1. The molecule has 0 aliphatic carbocycles. The summed E-state index contributed by atoms with van der Waals surface area (Å²) in [7, 11) is 0. The molecule has 0 spiro atoms. The van der Waals surface area contributed by atoms with Gasteiger partial charge in [-0.25, -0.2) is 0 Å². The van der Waals surface area contributed by atoms with E-state index in [0.717, 1.165) is 0 Å². The van der Waals surface area contributed by atoms with Crippen LogP contribution in [0.4, 0.5) is 0 Å². The number of likely N-dealkylation sites (tertiary alicyclic amines) is 1. The lowest BCUT2D eigenvalue weighted by molar-refractivity contribution is 0.00924. The quantitative estimate of drug-likeness (QED) is 0.688. The molecule has 1 N–H and O–H groups in total. The summed E-state index contributed by atoms with van der Waals surface area (Å²) >= 11 is 11.0.